The van der Waals surface area contributed by atoms with E-state index in [0.717, 1.165) is 16.5 Å². The fourth-order valence-corrected chi connectivity index (χ4v) is 5.11. The lowest BCUT2D eigenvalue weighted by molar-refractivity contribution is 0.102. The second kappa shape index (κ2) is 10.4. The molecule has 0 unspecified atom stereocenters. The van der Waals surface area contributed by atoms with Crippen LogP contribution in [0.4, 0.5) is 0 Å². The summed E-state index contributed by atoms with van der Waals surface area (Å²) >= 11 is 0. The number of para-hydroxylation sites is 1. The molecule has 33 heavy (non-hydrogen) atoms. The maximum Gasteiger partial charge on any atom is 0.186 e. The van der Waals surface area contributed by atoms with Crippen LogP contribution in [0.25, 0.3) is 10.9 Å². The average Bonchev–Trinajstić information content (AvgIpc) is 3.23. The van der Waals surface area contributed by atoms with Gasteiger partial charge in [-0.2, -0.15) is 5.10 Å². The summed E-state index contributed by atoms with van der Waals surface area (Å²) in [6.45, 7) is 2.18. The molecule has 0 aliphatic carbocycles. The SMILES string of the molecule is CN.COc1cc(C(=O)CS(=O)(=O)c2ccccc2C)ccc1Cn1ncc2ccccc21. The van der Waals surface area contributed by atoms with Crippen molar-refractivity contribution in [3.8, 4) is 5.75 Å². The number of benzene rings is 3. The highest BCUT2D eigenvalue weighted by atomic mass is 32.2. The highest BCUT2D eigenvalue weighted by Crippen LogP contribution is 2.24. The van der Waals surface area contributed by atoms with Gasteiger partial charge in [-0.1, -0.05) is 48.5 Å². The second-order valence-electron chi connectivity index (χ2n) is 7.34. The Morgan fingerprint density at radius 2 is 1.73 bits per heavy atom. The van der Waals surface area contributed by atoms with Crippen molar-refractivity contribution in [3.63, 3.8) is 0 Å². The van der Waals surface area contributed by atoms with Gasteiger partial charge in [0, 0.05) is 16.5 Å². The smallest absolute Gasteiger partial charge is 0.186 e. The zero-order valence-electron chi connectivity index (χ0n) is 18.9. The minimum atomic E-state index is -3.74. The monoisotopic (exact) mass is 465 g/mol. The van der Waals surface area contributed by atoms with Gasteiger partial charge in [-0.3, -0.25) is 9.48 Å². The number of hydrogen-bond donors (Lipinski definition) is 1. The van der Waals surface area contributed by atoms with Crippen LogP contribution >= 0.6 is 0 Å². The Labute approximate surface area is 193 Å². The fraction of sp³-hybridized carbons (Fsp3) is 0.200. The number of ether oxygens (including phenoxy) is 1. The molecule has 0 spiro atoms. The molecule has 4 rings (SSSR count). The number of methoxy groups -OCH3 is 1. The van der Waals surface area contributed by atoms with Crippen LogP contribution in [0.3, 0.4) is 0 Å². The number of nitrogens with zero attached hydrogens (tertiary/aromatic N) is 2. The van der Waals surface area contributed by atoms with Gasteiger partial charge in [0.05, 0.1) is 30.3 Å². The highest BCUT2D eigenvalue weighted by molar-refractivity contribution is 7.92. The van der Waals surface area contributed by atoms with Crippen molar-refractivity contribution >= 4 is 26.5 Å². The number of aromatic nitrogens is 2. The van der Waals surface area contributed by atoms with Crippen molar-refractivity contribution in [2.24, 2.45) is 5.73 Å². The quantitative estimate of drug-likeness (QED) is 0.418. The predicted octanol–water partition coefficient (Wildman–Crippen LogP) is 3.63. The third-order valence-corrected chi connectivity index (χ3v) is 7.00. The summed E-state index contributed by atoms with van der Waals surface area (Å²) in [7, 11) is -0.712. The van der Waals surface area contributed by atoms with Gasteiger partial charge in [-0.05, 0) is 37.7 Å². The van der Waals surface area contributed by atoms with Crippen LogP contribution in [0.1, 0.15) is 21.5 Å². The maximum atomic E-state index is 12.8. The lowest BCUT2D eigenvalue weighted by Gasteiger charge is -2.12. The first-order valence-corrected chi connectivity index (χ1v) is 12.0. The van der Waals surface area contributed by atoms with Gasteiger partial charge >= 0.3 is 0 Å². The molecule has 7 nitrogen and oxygen atoms in total. The Hall–Kier alpha value is -3.49. The van der Waals surface area contributed by atoms with Crippen LogP contribution in [-0.4, -0.2) is 43.9 Å². The minimum absolute atomic E-state index is 0.178. The van der Waals surface area contributed by atoms with Crippen LogP contribution in [-0.2, 0) is 16.4 Å². The van der Waals surface area contributed by atoms with E-state index in [0.29, 0.717) is 23.4 Å². The number of carbonyl (C=O) groups is 1. The van der Waals surface area contributed by atoms with Crippen molar-refractivity contribution in [3.05, 3.63) is 89.6 Å². The van der Waals surface area contributed by atoms with Crippen LogP contribution in [0.5, 0.6) is 5.75 Å². The van der Waals surface area contributed by atoms with E-state index in [4.69, 9.17) is 4.74 Å². The molecule has 0 amide bonds. The van der Waals surface area contributed by atoms with Crippen molar-refractivity contribution < 1.29 is 17.9 Å². The maximum absolute atomic E-state index is 12.8. The number of carbonyl (C=O) groups excluding carboxylic acids is 1. The number of aryl methyl sites for hydroxylation is 1. The molecule has 4 aromatic rings. The Morgan fingerprint density at radius 1 is 1.03 bits per heavy atom. The van der Waals surface area contributed by atoms with Crippen LogP contribution in [0.2, 0.25) is 0 Å². The van der Waals surface area contributed by atoms with Gasteiger partial charge < -0.3 is 10.5 Å². The highest BCUT2D eigenvalue weighted by Gasteiger charge is 2.22. The summed E-state index contributed by atoms with van der Waals surface area (Å²) < 4.78 is 32.8. The zero-order chi connectivity index (χ0) is 24.0. The Morgan fingerprint density at radius 3 is 2.45 bits per heavy atom. The lowest BCUT2D eigenvalue weighted by Crippen LogP contribution is -2.17. The standard InChI is InChI=1S/C24H22N2O4S.CH5N/c1-17-7-3-6-10-24(17)31(28,29)16-22(27)18-11-12-20(23(13-18)30-2)15-26-21-9-5-4-8-19(21)14-25-26;1-2/h3-14H,15-16H2,1-2H3;2H2,1H3. The summed E-state index contributed by atoms with van der Waals surface area (Å²) in [5, 5.41) is 5.47. The molecule has 0 aliphatic rings. The molecule has 1 aromatic heterocycles. The number of rotatable bonds is 7. The molecule has 0 saturated heterocycles. The van der Waals surface area contributed by atoms with E-state index in [1.807, 2.05) is 28.9 Å². The average molecular weight is 466 g/mol. The van der Waals surface area contributed by atoms with Crippen LogP contribution in [0, 0.1) is 6.92 Å². The van der Waals surface area contributed by atoms with Gasteiger partial charge in [0.1, 0.15) is 11.5 Å². The van der Waals surface area contributed by atoms with Gasteiger partial charge in [-0.25, -0.2) is 8.42 Å². The number of fused-ring (bicyclic) bond motifs is 1. The summed E-state index contributed by atoms with van der Waals surface area (Å²) in [5.41, 5.74) is 7.25. The van der Waals surface area contributed by atoms with E-state index in [-0.39, 0.29) is 4.90 Å². The van der Waals surface area contributed by atoms with E-state index in [9.17, 15) is 13.2 Å². The van der Waals surface area contributed by atoms with Gasteiger partial charge in [-0.15, -0.1) is 0 Å². The molecule has 172 valence electrons. The van der Waals surface area contributed by atoms with E-state index in [2.05, 4.69) is 10.8 Å². The summed E-state index contributed by atoms with van der Waals surface area (Å²) in [5.74, 6) is -0.555. The number of ketones is 1. The number of Topliss-reactive ketones (excluding diaryl/α,β-unsaturated/α-hetero) is 1. The Balaban J connectivity index is 0.00000149. The molecule has 3 aromatic carbocycles. The summed E-state index contributed by atoms with van der Waals surface area (Å²) in [6, 6.07) is 19.6. The van der Waals surface area contributed by atoms with Crippen molar-refractivity contribution in [1.29, 1.82) is 0 Å². The molecule has 0 saturated carbocycles. The second-order valence-corrected chi connectivity index (χ2v) is 9.29. The lowest BCUT2D eigenvalue weighted by atomic mass is 10.1. The van der Waals surface area contributed by atoms with Gasteiger partial charge in [0.2, 0.25) is 0 Å². The molecule has 0 aliphatic heterocycles. The first-order chi connectivity index (χ1) is 15.9. The topological polar surface area (TPSA) is 104 Å². The molecule has 0 atom stereocenters. The van der Waals surface area contributed by atoms with Crippen molar-refractivity contribution in [2.45, 2.75) is 18.4 Å². The zero-order valence-corrected chi connectivity index (χ0v) is 19.7. The molecular weight excluding hydrogens is 438 g/mol. The Kier molecular flexibility index (Phi) is 7.63. The normalized spacial score (nSPS) is 11.0. The van der Waals surface area contributed by atoms with Crippen LogP contribution < -0.4 is 10.5 Å². The summed E-state index contributed by atoms with van der Waals surface area (Å²) in [4.78, 5) is 12.9. The number of sulfone groups is 1. The van der Waals surface area contributed by atoms with Crippen molar-refractivity contribution in [2.75, 3.05) is 19.9 Å². The molecule has 8 heteroatoms. The molecule has 0 bridgehead atoms. The Bertz CT molecular complexity index is 1380. The van der Waals surface area contributed by atoms with Crippen molar-refractivity contribution in [1.82, 2.24) is 9.78 Å². The predicted molar refractivity (Wildman–Crippen MR) is 130 cm³/mol. The van der Waals surface area contributed by atoms with E-state index in [1.165, 1.54) is 20.2 Å². The largest absolute Gasteiger partial charge is 0.496 e. The third kappa shape index (κ3) is 5.30. The van der Waals surface area contributed by atoms with E-state index < -0.39 is 21.4 Å². The van der Waals surface area contributed by atoms with Crippen LogP contribution in [0.15, 0.2) is 77.8 Å². The first-order valence-electron chi connectivity index (χ1n) is 10.4. The van der Waals surface area contributed by atoms with E-state index in [1.54, 1.807) is 49.5 Å². The van der Waals surface area contributed by atoms with Gasteiger partial charge in [0.15, 0.2) is 15.6 Å². The third-order valence-electron chi connectivity index (χ3n) is 5.23. The molecule has 0 fully saturated rings. The molecular formula is C25H27N3O4S. The fourth-order valence-electron chi connectivity index (χ4n) is 3.60. The van der Waals surface area contributed by atoms with E-state index >= 15 is 0 Å². The molecule has 0 radical (unpaired) electrons. The first kappa shape index (κ1) is 24.2. The molecule has 2 N–H and O–H groups in total. The number of nitrogens with two attached hydrogens (primary N) is 1. The molecule has 1 heterocycles. The van der Waals surface area contributed by atoms with Gasteiger partial charge in [0.25, 0.3) is 0 Å². The minimum Gasteiger partial charge on any atom is -0.496 e. The summed E-state index contributed by atoms with van der Waals surface area (Å²) in [6.07, 6.45) is 1.80. The number of hydrogen-bond acceptors (Lipinski definition) is 6.